The minimum Gasteiger partial charge on any atom is -0.508 e. The largest absolute Gasteiger partial charge is 0.508 e. The van der Waals surface area contributed by atoms with Gasteiger partial charge in [0.05, 0.1) is 0 Å². The van der Waals surface area contributed by atoms with E-state index in [2.05, 4.69) is 4.98 Å². The standard InChI is InChI=1S/C13H13NO4/c1-7(15)4-12(17)13(18)10-6-14-11-3-2-8(16)5-9(10)11/h2-3,5-6,12,14,16-17H,4H2,1H3. The highest BCUT2D eigenvalue weighted by atomic mass is 16.3. The second-order valence-electron chi connectivity index (χ2n) is 4.22. The first-order valence-corrected chi connectivity index (χ1v) is 5.51. The molecule has 0 radical (unpaired) electrons. The first kappa shape index (κ1) is 12.3. The van der Waals surface area contributed by atoms with Gasteiger partial charge in [0.1, 0.15) is 17.6 Å². The van der Waals surface area contributed by atoms with Gasteiger partial charge in [0.2, 0.25) is 0 Å². The van der Waals surface area contributed by atoms with Gasteiger partial charge in [-0.05, 0) is 25.1 Å². The van der Waals surface area contributed by atoms with Crippen LogP contribution in [0.15, 0.2) is 24.4 Å². The maximum atomic E-state index is 12.0. The van der Waals surface area contributed by atoms with Crippen LogP contribution in [0.2, 0.25) is 0 Å². The van der Waals surface area contributed by atoms with Gasteiger partial charge in [-0.3, -0.25) is 9.59 Å². The molecule has 1 atom stereocenters. The molecule has 0 aliphatic rings. The summed E-state index contributed by atoms with van der Waals surface area (Å²) in [5.74, 6) is -0.738. The highest BCUT2D eigenvalue weighted by molar-refractivity contribution is 6.10. The van der Waals surface area contributed by atoms with E-state index in [1.807, 2.05) is 0 Å². The Morgan fingerprint density at radius 3 is 2.78 bits per heavy atom. The van der Waals surface area contributed by atoms with Gasteiger partial charge in [-0.1, -0.05) is 0 Å². The SMILES string of the molecule is CC(=O)CC(O)C(=O)c1c[nH]c2ccc(O)cc12. The number of fused-ring (bicyclic) bond motifs is 1. The van der Waals surface area contributed by atoms with E-state index in [-0.39, 0.29) is 23.5 Å². The van der Waals surface area contributed by atoms with Crippen molar-refractivity contribution in [2.45, 2.75) is 19.4 Å². The van der Waals surface area contributed by atoms with Gasteiger partial charge in [-0.2, -0.15) is 0 Å². The zero-order valence-electron chi connectivity index (χ0n) is 9.80. The van der Waals surface area contributed by atoms with E-state index in [1.165, 1.54) is 25.3 Å². The molecule has 0 spiro atoms. The number of Topliss-reactive ketones (excluding diaryl/α,β-unsaturated/α-hetero) is 2. The topological polar surface area (TPSA) is 90.4 Å². The van der Waals surface area contributed by atoms with E-state index in [0.29, 0.717) is 10.9 Å². The Balaban J connectivity index is 2.38. The lowest BCUT2D eigenvalue weighted by Crippen LogP contribution is -2.22. The number of rotatable bonds is 4. The van der Waals surface area contributed by atoms with Gasteiger partial charge in [0.25, 0.3) is 0 Å². The normalized spacial score (nSPS) is 12.6. The number of ketones is 2. The molecule has 0 saturated carbocycles. The van der Waals surface area contributed by atoms with Crippen LogP contribution in [-0.4, -0.2) is 32.9 Å². The molecule has 0 saturated heterocycles. The summed E-state index contributed by atoms with van der Waals surface area (Å²) in [5, 5.41) is 19.6. The van der Waals surface area contributed by atoms with Crippen LogP contribution in [-0.2, 0) is 4.79 Å². The second-order valence-corrected chi connectivity index (χ2v) is 4.22. The smallest absolute Gasteiger partial charge is 0.193 e. The van der Waals surface area contributed by atoms with Crippen molar-refractivity contribution in [2.24, 2.45) is 0 Å². The fraction of sp³-hybridized carbons (Fsp3) is 0.231. The third-order valence-corrected chi connectivity index (χ3v) is 2.71. The predicted octanol–water partition coefficient (Wildman–Crippen LogP) is 1.40. The van der Waals surface area contributed by atoms with Gasteiger partial charge in [-0.15, -0.1) is 0 Å². The zero-order chi connectivity index (χ0) is 13.3. The fourth-order valence-corrected chi connectivity index (χ4v) is 1.86. The van der Waals surface area contributed by atoms with Crippen LogP contribution in [0, 0.1) is 0 Å². The van der Waals surface area contributed by atoms with E-state index in [9.17, 15) is 19.8 Å². The number of carbonyl (C=O) groups is 2. The third kappa shape index (κ3) is 2.26. The number of H-pyrrole nitrogens is 1. The maximum absolute atomic E-state index is 12.0. The Morgan fingerprint density at radius 1 is 1.39 bits per heavy atom. The van der Waals surface area contributed by atoms with Crippen LogP contribution < -0.4 is 0 Å². The number of hydrogen-bond acceptors (Lipinski definition) is 4. The molecule has 94 valence electrons. The van der Waals surface area contributed by atoms with Crippen molar-refractivity contribution in [2.75, 3.05) is 0 Å². The number of carbonyl (C=O) groups excluding carboxylic acids is 2. The number of aromatic nitrogens is 1. The van der Waals surface area contributed by atoms with Crippen molar-refractivity contribution in [3.8, 4) is 5.75 Å². The van der Waals surface area contributed by atoms with E-state index in [1.54, 1.807) is 6.07 Å². The molecule has 0 bridgehead atoms. The molecule has 1 aromatic carbocycles. The number of phenolic OH excluding ortho intramolecular Hbond substituents is 1. The molecule has 18 heavy (non-hydrogen) atoms. The number of hydrogen-bond donors (Lipinski definition) is 3. The molecule has 0 amide bonds. The molecule has 1 heterocycles. The van der Waals surface area contributed by atoms with Gasteiger partial charge in [-0.25, -0.2) is 0 Å². The number of aromatic hydroxyl groups is 1. The molecule has 1 unspecified atom stereocenters. The fourth-order valence-electron chi connectivity index (χ4n) is 1.86. The van der Waals surface area contributed by atoms with E-state index in [0.717, 1.165) is 0 Å². The van der Waals surface area contributed by atoms with E-state index >= 15 is 0 Å². The summed E-state index contributed by atoms with van der Waals surface area (Å²) in [7, 11) is 0. The molecule has 0 aliphatic heterocycles. The van der Waals surface area contributed by atoms with Gasteiger partial charge >= 0.3 is 0 Å². The van der Waals surface area contributed by atoms with Crippen LogP contribution in [0.4, 0.5) is 0 Å². The Kier molecular flexibility index (Phi) is 3.16. The van der Waals surface area contributed by atoms with Crippen molar-refractivity contribution in [1.82, 2.24) is 4.98 Å². The molecule has 1 aromatic heterocycles. The summed E-state index contributed by atoms with van der Waals surface area (Å²) in [5.41, 5.74) is 0.959. The Bertz CT molecular complexity index is 614. The summed E-state index contributed by atoms with van der Waals surface area (Å²) in [6, 6.07) is 4.58. The maximum Gasteiger partial charge on any atom is 0.193 e. The first-order valence-electron chi connectivity index (χ1n) is 5.51. The predicted molar refractivity (Wildman–Crippen MR) is 65.6 cm³/mol. The third-order valence-electron chi connectivity index (χ3n) is 2.71. The van der Waals surface area contributed by atoms with Crippen LogP contribution in [0.3, 0.4) is 0 Å². The van der Waals surface area contributed by atoms with Crippen molar-refractivity contribution < 1.29 is 19.8 Å². The Hall–Kier alpha value is -2.14. The summed E-state index contributed by atoms with van der Waals surface area (Å²) in [6.07, 6.45) is -0.0797. The van der Waals surface area contributed by atoms with Crippen LogP contribution >= 0.6 is 0 Å². The lowest BCUT2D eigenvalue weighted by atomic mass is 10.0. The minimum absolute atomic E-state index is 0.0391. The van der Waals surface area contributed by atoms with E-state index in [4.69, 9.17) is 0 Å². The highest BCUT2D eigenvalue weighted by Crippen LogP contribution is 2.24. The zero-order valence-corrected chi connectivity index (χ0v) is 9.80. The first-order chi connectivity index (χ1) is 8.49. The number of aromatic amines is 1. The molecule has 3 N–H and O–H groups in total. The summed E-state index contributed by atoms with van der Waals surface area (Å²) >= 11 is 0. The molecule has 0 aliphatic carbocycles. The number of benzene rings is 1. The summed E-state index contributed by atoms with van der Waals surface area (Å²) < 4.78 is 0. The van der Waals surface area contributed by atoms with Gasteiger partial charge < -0.3 is 15.2 Å². The lowest BCUT2D eigenvalue weighted by molar-refractivity contribution is -0.118. The number of aliphatic hydroxyl groups is 1. The molecule has 5 nitrogen and oxygen atoms in total. The summed E-state index contributed by atoms with van der Waals surface area (Å²) in [6.45, 7) is 1.32. The van der Waals surface area contributed by atoms with Gasteiger partial charge in [0, 0.05) is 29.1 Å². The highest BCUT2D eigenvalue weighted by Gasteiger charge is 2.21. The van der Waals surface area contributed by atoms with Crippen LogP contribution in [0.5, 0.6) is 5.75 Å². The average Bonchev–Trinajstić information content (AvgIpc) is 2.69. The van der Waals surface area contributed by atoms with E-state index < -0.39 is 11.9 Å². The molecular weight excluding hydrogens is 234 g/mol. The molecule has 5 heteroatoms. The van der Waals surface area contributed by atoms with Crippen LogP contribution in [0.25, 0.3) is 10.9 Å². The Morgan fingerprint density at radius 2 is 2.11 bits per heavy atom. The molecule has 2 aromatic rings. The van der Waals surface area contributed by atoms with Crippen molar-refractivity contribution in [3.05, 3.63) is 30.0 Å². The molecule has 2 rings (SSSR count). The number of phenols is 1. The van der Waals surface area contributed by atoms with Crippen molar-refractivity contribution in [3.63, 3.8) is 0 Å². The monoisotopic (exact) mass is 247 g/mol. The van der Waals surface area contributed by atoms with Gasteiger partial charge in [0.15, 0.2) is 5.78 Å². The lowest BCUT2D eigenvalue weighted by Gasteiger charge is -2.06. The number of nitrogens with one attached hydrogen (secondary N) is 1. The average molecular weight is 247 g/mol. The second kappa shape index (κ2) is 4.62. The minimum atomic E-state index is -1.34. The molecular formula is C13H13NO4. The molecule has 0 fully saturated rings. The van der Waals surface area contributed by atoms with Crippen molar-refractivity contribution in [1.29, 1.82) is 0 Å². The Labute approximate surface area is 103 Å². The van der Waals surface area contributed by atoms with Crippen LogP contribution in [0.1, 0.15) is 23.7 Å². The number of aliphatic hydroxyl groups excluding tert-OH is 1. The quantitative estimate of drug-likeness (QED) is 0.712. The summed E-state index contributed by atoms with van der Waals surface area (Å²) in [4.78, 5) is 25.7. The van der Waals surface area contributed by atoms with Crippen molar-refractivity contribution >= 4 is 22.5 Å².